The summed E-state index contributed by atoms with van der Waals surface area (Å²) in [6.07, 6.45) is 4.12. The van der Waals surface area contributed by atoms with Crippen molar-refractivity contribution < 1.29 is 0 Å². The van der Waals surface area contributed by atoms with E-state index in [4.69, 9.17) is 0 Å². The highest BCUT2D eigenvalue weighted by Crippen LogP contribution is 2.25. The van der Waals surface area contributed by atoms with Gasteiger partial charge < -0.3 is 0 Å². The Morgan fingerprint density at radius 2 is 2.27 bits per heavy atom. The number of hydrogen-bond donors (Lipinski definition) is 0. The number of aliphatic imine (C=N–C) groups is 1. The van der Waals surface area contributed by atoms with Gasteiger partial charge in [0.05, 0.1) is 5.69 Å². The van der Waals surface area contributed by atoms with Gasteiger partial charge in [0.25, 0.3) is 0 Å². The van der Waals surface area contributed by atoms with E-state index in [9.17, 15) is 0 Å². The molecule has 1 aromatic rings. The van der Waals surface area contributed by atoms with Gasteiger partial charge in [-0.2, -0.15) is 0 Å². The Kier molecular flexibility index (Phi) is 1.50. The minimum absolute atomic E-state index is 1.06. The SMILES string of the molecule is [CH2]c1cccc2c1CCC=N2. The van der Waals surface area contributed by atoms with Gasteiger partial charge in [-0.05, 0) is 37.0 Å². The summed E-state index contributed by atoms with van der Waals surface area (Å²) in [4.78, 5) is 4.29. The average Bonchev–Trinajstić information content (AvgIpc) is 2.06. The summed E-state index contributed by atoms with van der Waals surface area (Å²) < 4.78 is 0. The first kappa shape index (κ1) is 6.59. The molecule has 1 aliphatic rings. The first-order valence-corrected chi connectivity index (χ1v) is 3.84. The van der Waals surface area contributed by atoms with E-state index in [0.29, 0.717) is 0 Å². The maximum atomic E-state index is 4.29. The number of nitrogens with zero attached hydrogens (tertiary/aromatic N) is 1. The lowest BCUT2D eigenvalue weighted by Crippen LogP contribution is -1.95. The first-order chi connectivity index (χ1) is 5.38. The highest BCUT2D eigenvalue weighted by Gasteiger charge is 2.06. The van der Waals surface area contributed by atoms with Crippen LogP contribution in [-0.2, 0) is 6.42 Å². The molecule has 0 aliphatic carbocycles. The summed E-state index contributed by atoms with van der Waals surface area (Å²) in [7, 11) is 0. The predicted octanol–water partition coefficient (Wildman–Crippen LogP) is 2.52. The fourth-order valence-electron chi connectivity index (χ4n) is 1.40. The summed E-state index contributed by atoms with van der Waals surface area (Å²) in [6.45, 7) is 3.96. The van der Waals surface area contributed by atoms with E-state index in [0.717, 1.165) is 24.1 Å². The molecule has 1 heterocycles. The predicted molar refractivity (Wildman–Crippen MR) is 47.4 cm³/mol. The zero-order valence-corrected chi connectivity index (χ0v) is 6.38. The second kappa shape index (κ2) is 2.50. The van der Waals surface area contributed by atoms with Gasteiger partial charge >= 0.3 is 0 Å². The molecule has 0 atom stereocenters. The molecule has 11 heavy (non-hydrogen) atoms. The van der Waals surface area contributed by atoms with E-state index in [2.05, 4.69) is 11.9 Å². The van der Waals surface area contributed by atoms with Crippen LogP contribution in [0.2, 0.25) is 0 Å². The molecule has 0 unspecified atom stereocenters. The van der Waals surface area contributed by atoms with E-state index >= 15 is 0 Å². The molecule has 0 bridgehead atoms. The minimum atomic E-state index is 1.06. The van der Waals surface area contributed by atoms with Gasteiger partial charge in [0.15, 0.2) is 0 Å². The fourth-order valence-corrected chi connectivity index (χ4v) is 1.40. The van der Waals surface area contributed by atoms with Crippen LogP contribution >= 0.6 is 0 Å². The lowest BCUT2D eigenvalue weighted by molar-refractivity contribution is 1.02. The molecule has 1 aromatic carbocycles. The molecule has 0 fully saturated rings. The van der Waals surface area contributed by atoms with Crippen LogP contribution in [-0.4, -0.2) is 6.21 Å². The third-order valence-corrected chi connectivity index (χ3v) is 2.00. The maximum absolute atomic E-state index is 4.29. The van der Waals surface area contributed by atoms with Crippen LogP contribution in [0.1, 0.15) is 17.5 Å². The maximum Gasteiger partial charge on any atom is 0.0660 e. The third-order valence-electron chi connectivity index (χ3n) is 2.00. The first-order valence-electron chi connectivity index (χ1n) is 3.84. The molecule has 1 nitrogen and oxygen atoms in total. The van der Waals surface area contributed by atoms with Gasteiger partial charge in [0.1, 0.15) is 0 Å². The topological polar surface area (TPSA) is 12.4 Å². The largest absolute Gasteiger partial charge is 0.261 e. The van der Waals surface area contributed by atoms with Crippen LogP contribution in [0.4, 0.5) is 5.69 Å². The van der Waals surface area contributed by atoms with Crippen LogP contribution < -0.4 is 0 Å². The highest BCUT2D eigenvalue weighted by atomic mass is 14.7. The number of fused-ring (bicyclic) bond motifs is 1. The van der Waals surface area contributed by atoms with Gasteiger partial charge in [0, 0.05) is 6.21 Å². The molecule has 0 saturated heterocycles. The summed E-state index contributed by atoms with van der Waals surface area (Å²) in [5, 5.41) is 0. The molecule has 0 N–H and O–H groups in total. The van der Waals surface area contributed by atoms with Crippen LogP contribution in [0.25, 0.3) is 0 Å². The van der Waals surface area contributed by atoms with Gasteiger partial charge in [-0.25, -0.2) is 0 Å². The zero-order valence-electron chi connectivity index (χ0n) is 6.38. The molecule has 0 spiro atoms. The van der Waals surface area contributed by atoms with Crippen molar-refractivity contribution in [3.8, 4) is 0 Å². The lowest BCUT2D eigenvalue weighted by Gasteiger charge is -2.11. The van der Waals surface area contributed by atoms with Crippen molar-refractivity contribution in [3.05, 3.63) is 36.2 Å². The van der Waals surface area contributed by atoms with Gasteiger partial charge in [-0.15, -0.1) is 0 Å². The van der Waals surface area contributed by atoms with E-state index in [1.807, 2.05) is 24.4 Å². The van der Waals surface area contributed by atoms with Crippen LogP contribution in [0, 0.1) is 6.92 Å². The Labute approximate surface area is 66.8 Å². The second-order valence-corrected chi connectivity index (χ2v) is 2.77. The van der Waals surface area contributed by atoms with Gasteiger partial charge in [-0.1, -0.05) is 12.1 Å². The minimum Gasteiger partial charge on any atom is -0.261 e. The van der Waals surface area contributed by atoms with E-state index in [-0.39, 0.29) is 0 Å². The normalized spacial score (nSPS) is 14.6. The van der Waals surface area contributed by atoms with Crippen LogP contribution in [0.5, 0.6) is 0 Å². The fraction of sp³-hybridized carbons (Fsp3) is 0.200. The Balaban J connectivity index is 2.60. The molecule has 1 heteroatoms. The Bertz CT molecular complexity index is 300. The van der Waals surface area contributed by atoms with E-state index in [1.165, 1.54) is 5.56 Å². The van der Waals surface area contributed by atoms with Crippen molar-refractivity contribution in [1.82, 2.24) is 0 Å². The molecule has 1 aliphatic heterocycles. The van der Waals surface area contributed by atoms with Crippen molar-refractivity contribution in [1.29, 1.82) is 0 Å². The standard InChI is InChI=1S/C10H10N/c1-8-4-2-6-10-9(8)5-3-7-11-10/h2,4,6-7H,1,3,5H2. The van der Waals surface area contributed by atoms with Crippen LogP contribution in [0.3, 0.4) is 0 Å². The Morgan fingerprint density at radius 1 is 1.36 bits per heavy atom. The van der Waals surface area contributed by atoms with Crippen LogP contribution in [0.15, 0.2) is 23.2 Å². The molecule has 0 aromatic heterocycles. The lowest BCUT2D eigenvalue weighted by atomic mass is 10.0. The Morgan fingerprint density at radius 3 is 3.09 bits per heavy atom. The van der Waals surface area contributed by atoms with Crippen molar-refractivity contribution in [2.45, 2.75) is 12.8 Å². The summed E-state index contributed by atoms with van der Waals surface area (Å²) >= 11 is 0. The molecule has 0 amide bonds. The molecule has 0 saturated carbocycles. The molecule has 55 valence electrons. The summed E-state index contributed by atoms with van der Waals surface area (Å²) in [5.41, 5.74) is 3.54. The van der Waals surface area contributed by atoms with Crippen molar-refractivity contribution in [2.24, 2.45) is 4.99 Å². The number of hydrogen-bond acceptors (Lipinski definition) is 1. The van der Waals surface area contributed by atoms with Crippen molar-refractivity contribution in [3.63, 3.8) is 0 Å². The van der Waals surface area contributed by atoms with Crippen molar-refractivity contribution in [2.75, 3.05) is 0 Å². The average molecular weight is 144 g/mol. The quantitative estimate of drug-likeness (QED) is 0.530. The van der Waals surface area contributed by atoms with E-state index < -0.39 is 0 Å². The monoisotopic (exact) mass is 144 g/mol. The molecule has 1 radical (unpaired) electrons. The van der Waals surface area contributed by atoms with Crippen molar-refractivity contribution >= 4 is 11.9 Å². The smallest absolute Gasteiger partial charge is 0.0660 e. The van der Waals surface area contributed by atoms with E-state index in [1.54, 1.807) is 0 Å². The highest BCUT2D eigenvalue weighted by molar-refractivity contribution is 5.69. The molecule has 2 rings (SSSR count). The van der Waals surface area contributed by atoms with Gasteiger partial charge in [-0.3, -0.25) is 4.99 Å². The third kappa shape index (κ3) is 1.07. The molecular formula is C10H10N. The summed E-state index contributed by atoms with van der Waals surface area (Å²) in [5.74, 6) is 0. The summed E-state index contributed by atoms with van der Waals surface area (Å²) in [6, 6.07) is 6.09. The number of benzene rings is 1. The molecular weight excluding hydrogens is 134 g/mol. The Hall–Kier alpha value is -1.11. The number of rotatable bonds is 0. The van der Waals surface area contributed by atoms with Gasteiger partial charge in [0.2, 0.25) is 0 Å². The zero-order chi connectivity index (χ0) is 7.68. The second-order valence-electron chi connectivity index (χ2n) is 2.77.